The van der Waals surface area contributed by atoms with Gasteiger partial charge >= 0.3 is 0 Å². The van der Waals surface area contributed by atoms with E-state index in [1.165, 1.54) is 18.2 Å². The number of nitrogens with zero attached hydrogens (tertiary/aromatic N) is 5. The molecule has 0 spiro atoms. The van der Waals surface area contributed by atoms with E-state index in [-0.39, 0.29) is 11.4 Å². The highest BCUT2D eigenvalue weighted by Gasteiger charge is 2.12. The van der Waals surface area contributed by atoms with Gasteiger partial charge in [-0.2, -0.15) is 5.26 Å². The molecule has 0 radical (unpaired) electrons. The van der Waals surface area contributed by atoms with Crippen LogP contribution < -0.4 is 4.90 Å². The minimum atomic E-state index is -0.471. The Morgan fingerprint density at radius 2 is 2.14 bits per heavy atom. The molecule has 2 rings (SSSR count). The van der Waals surface area contributed by atoms with Crippen molar-refractivity contribution < 1.29 is 4.92 Å². The van der Waals surface area contributed by atoms with Gasteiger partial charge in [-0.3, -0.25) is 10.1 Å². The van der Waals surface area contributed by atoms with Crippen molar-refractivity contribution in [3.63, 3.8) is 0 Å². The summed E-state index contributed by atoms with van der Waals surface area (Å²) < 4.78 is 0. The second-order valence-corrected chi connectivity index (χ2v) is 4.68. The molecule has 0 amide bonds. The Bertz CT molecular complexity index is 711. The Morgan fingerprint density at radius 1 is 1.38 bits per heavy atom. The molecule has 0 fully saturated rings. The summed E-state index contributed by atoms with van der Waals surface area (Å²) in [7, 11) is 1.76. The average Bonchev–Trinajstić information content (AvgIpc) is 2.49. The molecule has 0 unspecified atom stereocenters. The van der Waals surface area contributed by atoms with Gasteiger partial charge in [-0.25, -0.2) is 0 Å². The van der Waals surface area contributed by atoms with Crippen molar-refractivity contribution in [2.24, 2.45) is 0 Å². The van der Waals surface area contributed by atoms with Crippen molar-refractivity contribution in [1.82, 2.24) is 10.2 Å². The van der Waals surface area contributed by atoms with Gasteiger partial charge in [-0.1, -0.05) is 11.6 Å². The van der Waals surface area contributed by atoms with Crippen LogP contribution in [-0.4, -0.2) is 22.2 Å². The summed E-state index contributed by atoms with van der Waals surface area (Å²) in [6, 6.07) is 9.36. The van der Waals surface area contributed by atoms with Gasteiger partial charge < -0.3 is 4.90 Å². The molecule has 0 N–H and O–H groups in total. The molecule has 8 heteroatoms. The third-order valence-electron chi connectivity index (χ3n) is 2.80. The zero-order chi connectivity index (χ0) is 15.4. The molecule has 2 aromatic rings. The van der Waals surface area contributed by atoms with Crippen LogP contribution in [0.25, 0.3) is 0 Å². The van der Waals surface area contributed by atoms with Crippen molar-refractivity contribution in [2.75, 3.05) is 11.9 Å². The molecule has 0 aliphatic carbocycles. The molecule has 0 saturated heterocycles. The first-order chi connectivity index (χ1) is 10.0. The number of halogens is 1. The number of rotatable bonds is 4. The van der Waals surface area contributed by atoms with Crippen molar-refractivity contribution in [3.05, 3.63) is 56.7 Å². The number of nitro groups is 1. The van der Waals surface area contributed by atoms with Crippen molar-refractivity contribution in [3.8, 4) is 6.07 Å². The molecule has 0 aliphatic heterocycles. The molecule has 1 aromatic carbocycles. The summed E-state index contributed by atoms with van der Waals surface area (Å²) in [5, 5.41) is 27.5. The first-order valence-electron chi connectivity index (χ1n) is 5.89. The van der Waals surface area contributed by atoms with Crippen LogP contribution in [0, 0.1) is 21.4 Å². The summed E-state index contributed by atoms with van der Waals surface area (Å²) in [5.41, 5.74) is 0.814. The first kappa shape index (κ1) is 14.7. The minimum absolute atomic E-state index is 0.0197. The fourth-order valence-electron chi connectivity index (χ4n) is 1.72. The molecular weight excluding hydrogens is 294 g/mol. The summed E-state index contributed by atoms with van der Waals surface area (Å²) in [4.78, 5) is 12.1. The maximum Gasteiger partial charge on any atom is 0.269 e. The lowest BCUT2D eigenvalue weighted by Crippen LogP contribution is -2.18. The Kier molecular flexibility index (Phi) is 4.30. The normalized spacial score (nSPS) is 9.95. The van der Waals surface area contributed by atoms with Gasteiger partial charge in [0, 0.05) is 30.7 Å². The van der Waals surface area contributed by atoms with Crippen LogP contribution in [0.2, 0.25) is 5.02 Å². The van der Waals surface area contributed by atoms with Crippen LogP contribution >= 0.6 is 11.6 Å². The van der Waals surface area contributed by atoms with E-state index in [0.29, 0.717) is 22.9 Å². The zero-order valence-corrected chi connectivity index (χ0v) is 11.8. The third-order valence-corrected chi connectivity index (χ3v) is 3.17. The van der Waals surface area contributed by atoms with Crippen molar-refractivity contribution >= 4 is 23.1 Å². The monoisotopic (exact) mass is 303 g/mol. The highest BCUT2D eigenvalue weighted by Crippen LogP contribution is 2.24. The van der Waals surface area contributed by atoms with E-state index < -0.39 is 4.92 Å². The van der Waals surface area contributed by atoms with Crippen LogP contribution in [0.5, 0.6) is 0 Å². The molecule has 0 saturated carbocycles. The molecule has 1 heterocycles. The Labute approximate surface area is 125 Å². The maximum absolute atomic E-state index is 10.8. The lowest BCUT2D eigenvalue weighted by Gasteiger charge is -2.18. The number of anilines is 1. The van der Waals surface area contributed by atoms with Crippen LogP contribution in [0.3, 0.4) is 0 Å². The van der Waals surface area contributed by atoms with E-state index in [9.17, 15) is 10.1 Å². The number of nitro benzene ring substituents is 1. The predicted molar refractivity (Wildman–Crippen MR) is 77.0 cm³/mol. The van der Waals surface area contributed by atoms with Gasteiger partial charge in [0.1, 0.15) is 6.07 Å². The molecule has 7 nitrogen and oxygen atoms in total. The third kappa shape index (κ3) is 3.43. The SMILES string of the molecule is CN(Cc1cc([N+](=O)[O-])ccc1Cl)c1ccc(C#N)nn1. The Hall–Kier alpha value is -2.72. The van der Waals surface area contributed by atoms with E-state index in [2.05, 4.69) is 10.2 Å². The van der Waals surface area contributed by atoms with Crippen LogP contribution in [0.15, 0.2) is 30.3 Å². The summed E-state index contributed by atoms with van der Waals surface area (Å²) in [6.07, 6.45) is 0. The second-order valence-electron chi connectivity index (χ2n) is 4.28. The largest absolute Gasteiger partial charge is 0.354 e. The molecule has 0 atom stereocenters. The van der Waals surface area contributed by atoms with Crippen molar-refractivity contribution in [2.45, 2.75) is 6.54 Å². The van der Waals surface area contributed by atoms with Gasteiger partial charge in [0.05, 0.1) is 4.92 Å². The predicted octanol–water partition coefficient (Wildman–Crippen LogP) is 2.55. The molecule has 21 heavy (non-hydrogen) atoms. The van der Waals surface area contributed by atoms with Crippen LogP contribution in [0.1, 0.15) is 11.3 Å². The number of non-ortho nitro benzene ring substituents is 1. The van der Waals surface area contributed by atoms with Gasteiger partial charge in [-0.15, -0.1) is 10.2 Å². The highest BCUT2D eigenvalue weighted by molar-refractivity contribution is 6.31. The van der Waals surface area contributed by atoms with E-state index in [0.717, 1.165) is 0 Å². The standard InChI is InChI=1S/C13H10ClN5O2/c1-18(13-5-2-10(7-15)16-17-13)8-9-6-11(19(20)21)3-4-12(9)14/h2-6H,8H2,1H3. The number of aromatic nitrogens is 2. The van der Waals surface area contributed by atoms with Gasteiger partial charge in [-0.05, 0) is 23.8 Å². The minimum Gasteiger partial charge on any atom is -0.354 e. The summed E-state index contributed by atoms with van der Waals surface area (Å²) in [6.45, 7) is 0.334. The molecule has 0 aliphatic rings. The molecule has 0 bridgehead atoms. The van der Waals surface area contributed by atoms with E-state index >= 15 is 0 Å². The maximum atomic E-state index is 10.8. The van der Waals surface area contributed by atoms with Gasteiger partial charge in [0.15, 0.2) is 11.5 Å². The fourth-order valence-corrected chi connectivity index (χ4v) is 1.90. The zero-order valence-electron chi connectivity index (χ0n) is 11.0. The Balaban J connectivity index is 2.22. The topological polar surface area (TPSA) is 95.9 Å². The van der Waals surface area contributed by atoms with E-state index in [4.69, 9.17) is 16.9 Å². The van der Waals surface area contributed by atoms with Crippen LogP contribution in [-0.2, 0) is 6.54 Å². The lowest BCUT2D eigenvalue weighted by molar-refractivity contribution is -0.384. The highest BCUT2D eigenvalue weighted by atomic mass is 35.5. The number of hydrogen-bond acceptors (Lipinski definition) is 6. The van der Waals surface area contributed by atoms with Gasteiger partial charge in [0.2, 0.25) is 0 Å². The number of nitriles is 1. The summed E-state index contributed by atoms with van der Waals surface area (Å²) >= 11 is 6.05. The van der Waals surface area contributed by atoms with Crippen molar-refractivity contribution in [1.29, 1.82) is 5.26 Å². The number of hydrogen-bond donors (Lipinski definition) is 0. The molecular formula is C13H10ClN5O2. The average molecular weight is 304 g/mol. The first-order valence-corrected chi connectivity index (χ1v) is 6.27. The quantitative estimate of drug-likeness (QED) is 0.636. The smallest absolute Gasteiger partial charge is 0.269 e. The second kappa shape index (κ2) is 6.15. The van der Waals surface area contributed by atoms with E-state index in [1.54, 1.807) is 24.1 Å². The molecule has 1 aromatic heterocycles. The van der Waals surface area contributed by atoms with Gasteiger partial charge in [0.25, 0.3) is 5.69 Å². The Morgan fingerprint density at radius 3 is 2.71 bits per heavy atom. The summed E-state index contributed by atoms with van der Waals surface area (Å²) in [5.74, 6) is 0.538. The molecule has 106 valence electrons. The lowest BCUT2D eigenvalue weighted by atomic mass is 10.2. The van der Waals surface area contributed by atoms with Crippen LogP contribution in [0.4, 0.5) is 11.5 Å². The fraction of sp³-hybridized carbons (Fsp3) is 0.154. The van der Waals surface area contributed by atoms with E-state index in [1.807, 2.05) is 6.07 Å². The number of benzene rings is 1.